The van der Waals surface area contributed by atoms with E-state index in [0.29, 0.717) is 15.9 Å². The molecule has 0 N–H and O–H groups in total. The van der Waals surface area contributed by atoms with Gasteiger partial charge in [-0.15, -0.1) is 0 Å². The third kappa shape index (κ3) is 4.81. The van der Waals surface area contributed by atoms with Crippen molar-refractivity contribution in [1.29, 1.82) is 0 Å². The topological polar surface area (TPSA) is 52.8 Å². The highest BCUT2D eigenvalue weighted by Gasteiger charge is 2.32. The average Bonchev–Trinajstić information content (AvgIpc) is 3.34. The molecule has 4 aromatic carbocycles. The van der Waals surface area contributed by atoms with Crippen LogP contribution >= 0.6 is 11.3 Å². The normalized spacial score (nSPS) is 15.9. The zero-order valence-corrected chi connectivity index (χ0v) is 23.4. The molecule has 2 aliphatic rings. The van der Waals surface area contributed by atoms with Crippen LogP contribution in [0, 0.1) is 0 Å². The van der Waals surface area contributed by atoms with Gasteiger partial charge in [-0.3, -0.25) is 9.36 Å². The summed E-state index contributed by atoms with van der Waals surface area (Å²) < 4.78 is 14.0. The van der Waals surface area contributed by atoms with Crippen LogP contribution in [0.15, 0.2) is 118 Å². The summed E-state index contributed by atoms with van der Waals surface area (Å²) in [6.45, 7) is 0.511. The van der Waals surface area contributed by atoms with E-state index in [1.165, 1.54) is 22.5 Å². The van der Waals surface area contributed by atoms with Gasteiger partial charge in [0, 0.05) is 5.56 Å². The van der Waals surface area contributed by atoms with Gasteiger partial charge in [-0.1, -0.05) is 90.2 Å². The number of hydrogen-bond donors (Lipinski definition) is 0. The first-order valence-corrected chi connectivity index (χ1v) is 14.5. The standard InChI is InChI=1S/C35H28N2O3S/c1-39-28-12-7-11-26(21-28)33-30-19-16-25-10-5-6-13-29(25)32(30)36-35-37(33)34(38)31(41-35)20-23-14-17-27(18-15-23)40-22-24-8-3-2-4-9-24/h2-15,17-18,20-21,33H,16,19,22H2,1H3/b31-20+/t33-/m1/s1. The Balaban J connectivity index is 1.30. The van der Waals surface area contributed by atoms with Crippen molar-refractivity contribution >= 4 is 23.1 Å². The summed E-state index contributed by atoms with van der Waals surface area (Å²) in [5.41, 5.74) is 7.68. The molecule has 1 aliphatic carbocycles. The average molecular weight is 557 g/mol. The second kappa shape index (κ2) is 10.7. The fraction of sp³-hybridized carbons (Fsp3) is 0.143. The Morgan fingerprint density at radius 3 is 2.54 bits per heavy atom. The molecule has 1 atom stereocenters. The largest absolute Gasteiger partial charge is 0.497 e. The number of fused-ring (bicyclic) bond motifs is 3. The predicted octanol–water partition coefficient (Wildman–Crippen LogP) is 5.91. The van der Waals surface area contributed by atoms with E-state index in [2.05, 4.69) is 30.3 Å². The van der Waals surface area contributed by atoms with Crippen molar-refractivity contribution in [2.45, 2.75) is 25.5 Å². The minimum atomic E-state index is -0.236. The van der Waals surface area contributed by atoms with E-state index in [1.807, 2.05) is 83.4 Å². The first-order chi connectivity index (χ1) is 20.2. The fourth-order valence-corrected chi connectivity index (χ4v) is 6.69. The molecule has 5 nitrogen and oxygen atoms in total. The van der Waals surface area contributed by atoms with E-state index in [-0.39, 0.29) is 11.6 Å². The van der Waals surface area contributed by atoms with Crippen LogP contribution in [-0.2, 0) is 13.0 Å². The maximum absolute atomic E-state index is 14.0. The Hall–Kier alpha value is -4.68. The number of methoxy groups -OCH3 is 1. The molecule has 0 unspecified atom stereocenters. The van der Waals surface area contributed by atoms with Gasteiger partial charge in [0.1, 0.15) is 18.1 Å². The minimum Gasteiger partial charge on any atom is -0.497 e. The van der Waals surface area contributed by atoms with Gasteiger partial charge in [-0.25, -0.2) is 4.99 Å². The zero-order valence-electron chi connectivity index (χ0n) is 22.6. The molecule has 2 heterocycles. The molecule has 0 amide bonds. The lowest BCUT2D eigenvalue weighted by Gasteiger charge is -2.31. The molecule has 5 aromatic rings. The van der Waals surface area contributed by atoms with Gasteiger partial charge in [0.2, 0.25) is 0 Å². The smallest absolute Gasteiger partial charge is 0.271 e. The van der Waals surface area contributed by atoms with Gasteiger partial charge in [-0.05, 0) is 71.0 Å². The van der Waals surface area contributed by atoms with Crippen molar-refractivity contribution in [2.24, 2.45) is 4.99 Å². The predicted molar refractivity (Wildman–Crippen MR) is 163 cm³/mol. The highest BCUT2D eigenvalue weighted by Crippen LogP contribution is 2.41. The number of hydrogen-bond acceptors (Lipinski definition) is 5. The van der Waals surface area contributed by atoms with Crippen molar-refractivity contribution in [3.05, 3.63) is 156 Å². The van der Waals surface area contributed by atoms with Crippen LogP contribution in [0.2, 0.25) is 0 Å². The molecule has 0 saturated heterocycles. The van der Waals surface area contributed by atoms with Crippen LogP contribution in [0.4, 0.5) is 0 Å². The van der Waals surface area contributed by atoms with Crippen LogP contribution in [0.3, 0.4) is 0 Å². The molecule has 202 valence electrons. The lowest BCUT2D eigenvalue weighted by atomic mass is 9.83. The number of nitrogens with zero attached hydrogens (tertiary/aromatic N) is 2. The molecule has 7 rings (SSSR count). The van der Waals surface area contributed by atoms with Crippen molar-refractivity contribution in [1.82, 2.24) is 4.57 Å². The van der Waals surface area contributed by atoms with Crippen LogP contribution in [0.25, 0.3) is 11.8 Å². The number of aromatic nitrogens is 1. The Labute approximate surface area is 242 Å². The van der Waals surface area contributed by atoms with Gasteiger partial charge in [0.15, 0.2) is 4.80 Å². The summed E-state index contributed by atoms with van der Waals surface area (Å²) in [6, 6.07) is 34.2. The fourth-order valence-electron chi connectivity index (χ4n) is 5.69. The molecular weight excluding hydrogens is 528 g/mol. The zero-order chi connectivity index (χ0) is 27.8. The lowest BCUT2D eigenvalue weighted by Crippen LogP contribution is -2.38. The van der Waals surface area contributed by atoms with Crippen LogP contribution in [0.5, 0.6) is 11.5 Å². The van der Waals surface area contributed by atoms with Crippen LogP contribution in [0.1, 0.15) is 40.3 Å². The summed E-state index contributed by atoms with van der Waals surface area (Å²) in [4.78, 5) is 19.8. The molecule has 0 radical (unpaired) electrons. The first kappa shape index (κ1) is 25.3. The SMILES string of the molecule is COc1cccc([C@@H]2C3=C(N=c4s/c(=C/c5ccc(OCc6ccccc6)cc5)c(=O)n42)c2ccccc2CC3)c1. The number of benzene rings is 4. The number of rotatable bonds is 6. The van der Waals surface area contributed by atoms with Gasteiger partial charge < -0.3 is 9.47 Å². The third-order valence-corrected chi connectivity index (χ3v) is 8.69. The third-order valence-electron chi connectivity index (χ3n) is 7.71. The molecule has 1 aromatic heterocycles. The Bertz CT molecular complexity index is 1950. The van der Waals surface area contributed by atoms with Crippen LogP contribution < -0.4 is 24.4 Å². The van der Waals surface area contributed by atoms with E-state index in [4.69, 9.17) is 14.5 Å². The minimum absolute atomic E-state index is 0.0311. The van der Waals surface area contributed by atoms with E-state index in [9.17, 15) is 4.79 Å². The maximum atomic E-state index is 14.0. The Morgan fingerprint density at radius 1 is 0.902 bits per heavy atom. The quantitative estimate of drug-likeness (QED) is 0.262. The van der Waals surface area contributed by atoms with Crippen molar-refractivity contribution in [3.63, 3.8) is 0 Å². The van der Waals surface area contributed by atoms with Crippen molar-refractivity contribution in [3.8, 4) is 11.5 Å². The first-order valence-electron chi connectivity index (χ1n) is 13.7. The number of allylic oxidation sites excluding steroid dienone is 1. The van der Waals surface area contributed by atoms with Gasteiger partial charge in [0.25, 0.3) is 5.56 Å². The summed E-state index contributed by atoms with van der Waals surface area (Å²) in [6.07, 6.45) is 3.73. The second-order valence-corrected chi connectivity index (χ2v) is 11.2. The number of aryl methyl sites for hydroxylation is 1. The lowest BCUT2D eigenvalue weighted by molar-refractivity contribution is 0.306. The summed E-state index contributed by atoms with van der Waals surface area (Å²) >= 11 is 1.44. The summed E-state index contributed by atoms with van der Waals surface area (Å²) in [5, 5.41) is 0. The highest BCUT2D eigenvalue weighted by molar-refractivity contribution is 7.07. The molecule has 0 spiro atoms. The van der Waals surface area contributed by atoms with Gasteiger partial charge in [-0.2, -0.15) is 0 Å². The molecule has 6 heteroatoms. The maximum Gasteiger partial charge on any atom is 0.271 e. The van der Waals surface area contributed by atoms with E-state index >= 15 is 0 Å². The second-order valence-electron chi connectivity index (χ2n) is 10.2. The summed E-state index contributed by atoms with van der Waals surface area (Å²) in [7, 11) is 1.67. The van der Waals surface area contributed by atoms with E-state index < -0.39 is 0 Å². The highest BCUT2D eigenvalue weighted by atomic mass is 32.1. The molecule has 0 saturated carbocycles. The van der Waals surface area contributed by atoms with E-state index in [0.717, 1.165) is 52.3 Å². The molecular formula is C35H28N2O3S. The molecule has 41 heavy (non-hydrogen) atoms. The number of thiazole rings is 1. The monoisotopic (exact) mass is 556 g/mol. The molecule has 1 aliphatic heterocycles. The summed E-state index contributed by atoms with van der Waals surface area (Å²) in [5.74, 6) is 1.56. The van der Waals surface area contributed by atoms with Gasteiger partial charge >= 0.3 is 0 Å². The van der Waals surface area contributed by atoms with E-state index in [1.54, 1.807) is 7.11 Å². The molecule has 0 fully saturated rings. The van der Waals surface area contributed by atoms with Crippen LogP contribution in [-0.4, -0.2) is 11.7 Å². The van der Waals surface area contributed by atoms with Gasteiger partial charge in [0.05, 0.1) is 23.4 Å². The van der Waals surface area contributed by atoms with Crippen molar-refractivity contribution < 1.29 is 9.47 Å². The van der Waals surface area contributed by atoms with Crippen molar-refractivity contribution in [2.75, 3.05) is 7.11 Å². The Kier molecular flexibility index (Phi) is 6.61. The Morgan fingerprint density at radius 2 is 1.71 bits per heavy atom. The molecule has 0 bridgehead atoms. The number of ether oxygens (including phenoxy) is 2.